The quantitative estimate of drug-likeness (QED) is 0.917. The van der Waals surface area contributed by atoms with Crippen molar-refractivity contribution in [2.24, 2.45) is 5.92 Å². The first kappa shape index (κ1) is 15.8. The van der Waals surface area contributed by atoms with E-state index in [-0.39, 0.29) is 6.54 Å². The Morgan fingerprint density at radius 1 is 0.957 bits per heavy atom. The Bertz CT molecular complexity index is 579. The molecule has 1 aliphatic heterocycles. The number of hydrogen-bond donors (Lipinski definition) is 1. The average molecular weight is 309 g/mol. The largest absolute Gasteiger partial charge is 0.480 e. The van der Waals surface area contributed by atoms with Gasteiger partial charge in [-0.25, -0.2) is 0 Å². The van der Waals surface area contributed by atoms with E-state index in [1.807, 2.05) is 4.90 Å². The lowest BCUT2D eigenvalue weighted by atomic mass is 9.76. The molecular formula is C20H23NO2. The average Bonchev–Trinajstić information content (AvgIpc) is 2.58. The summed E-state index contributed by atoms with van der Waals surface area (Å²) in [5.41, 5.74) is 2.71. The van der Waals surface area contributed by atoms with E-state index < -0.39 is 5.97 Å². The van der Waals surface area contributed by atoms with Crippen LogP contribution in [0, 0.1) is 5.92 Å². The van der Waals surface area contributed by atoms with E-state index in [0.717, 1.165) is 25.9 Å². The fourth-order valence-corrected chi connectivity index (χ4v) is 3.69. The summed E-state index contributed by atoms with van der Waals surface area (Å²) >= 11 is 0. The number of likely N-dealkylation sites (tertiary alicyclic amines) is 1. The number of benzene rings is 2. The molecule has 0 atom stereocenters. The summed E-state index contributed by atoms with van der Waals surface area (Å²) in [5.74, 6) is 0.223. The third-order valence-electron chi connectivity index (χ3n) is 4.78. The van der Waals surface area contributed by atoms with Gasteiger partial charge in [-0.1, -0.05) is 60.7 Å². The number of aliphatic carboxylic acids is 1. The number of hydrogen-bond acceptors (Lipinski definition) is 2. The topological polar surface area (TPSA) is 40.5 Å². The SMILES string of the molecule is O=C(O)CN1CCC(C(c2ccccc2)c2ccccc2)CC1. The van der Waals surface area contributed by atoms with E-state index in [1.54, 1.807) is 0 Å². The maximum absolute atomic E-state index is 10.9. The van der Waals surface area contributed by atoms with Crippen molar-refractivity contribution in [1.29, 1.82) is 0 Å². The number of nitrogens with zero attached hydrogens (tertiary/aromatic N) is 1. The molecule has 1 aliphatic rings. The molecule has 3 rings (SSSR count). The molecule has 0 radical (unpaired) electrons. The number of piperidine rings is 1. The van der Waals surface area contributed by atoms with Crippen molar-refractivity contribution < 1.29 is 9.90 Å². The standard InChI is InChI=1S/C20H23NO2/c22-19(23)15-21-13-11-18(12-14-21)20(16-7-3-1-4-8-16)17-9-5-2-6-10-17/h1-10,18,20H,11-15H2,(H,22,23). The van der Waals surface area contributed by atoms with Crippen LogP contribution in [0.3, 0.4) is 0 Å². The Hall–Kier alpha value is -2.13. The van der Waals surface area contributed by atoms with Gasteiger partial charge in [0.25, 0.3) is 0 Å². The minimum atomic E-state index is -0.730. The maximum atomic E-state index is 10.9. The maximum Gasteiger partial charge on any atom is 0.317 e. The van der Waals surface area contributed by atoms with Crippen molar-refractivity contribution >= 4 is 5.97 Å². The molecule has 0 spiro atoms. The number of carbonyl (C=O) groups is 1. The van der Waals surface area contributed by atoms with Gasteiger partial charge in [-0.05, 0) is 43.0 Å². The summed E-state index contributed by atoms with van der Waals surface area (Å²) < 4.78 is 0. The van der Waals surface area contributed by atoms with E-state index in [0.29, 0.717) is 11.8 Å². The minimum Gasteiger partial charge on any atom is -0.480 e. The van der Waals surface area contributed by atoms with Crippen molar-refractivity contribution in [3.63, 3.8) is 0 Å². The molecule has 120 valence electrons. The van der Waals surface area contributed by atoms with Crippen LogP contribution in [0.1, 0.15) is 29.9 Å². The van der Waals surface area contributed by atoms with Gasteiger partial charge in [0.1, 0.15) is 0 Å². The van der Waals surface area contributed by atoms with Gasteiger partial charge in [0.2, 0.25) is 0 Å². The lowest BCUT2D eigenvalue weighted by molar-refractivity contribution is -0.138. The molecule has 23 heavy (non-hydrogen) atoms. The Kier molecular flexibility index (Phi) is 5.09. The van der Waals surface area contributed by atoms with Gasteiger partial charge >= 0.3 is 5.97 Å². The molecule has 2 aromatic carbocycles. The summed E-state index contributed by atoms with van der Waals surface area (Å²) in [5, 5.41) is 8.96. The molecule has 1 fully saturated rings. The van der Waals surface area contributed by atoms with Gasteiger partial charge in [0.05, 0.1) is 6.54 Å². The molecule has 1 heterocycles. The van der Waals surface area contributed by atoms with Gasteiger partial charge in [0.15, 0.2) is 0 Å². The van der Waals surface area contributed by atoms with Crippen LogP contribution in [0.5, 0.6) is 0 Å². The molecular weight excluding hydrogens is 286 g/mol. The molecule has 3 heteroatoms. The molecule has 0 aromatic heterocycles. The summed E-state index contributed by atoms with van der Waals surface area (Å²) in [4.78, 5) is 12.9. The first-order valence-corrected chi connectivity index (χ1v) is 8.28. The zero-order chi connectivity index (χ0) is 16.1. The van der Waals surface area contributed by atoms with E-state index in [1.165, 1.54) is 11.1 Å². The summed E-state index contributed by atoms with van der Waals surface area (Å²) in [6.45, 7) is 1.90. The zero-order valence-corrected chi connectivity index (χ0v) is 13.3. The number of carboxylic acid groups (broad SMARTS) is 1. The van der Waals surface area contributed by atoms with Crippen molar-refractivity contribution in [3.8, 4) is 0 Å². The smallest absolute Gasteiger partial charge is 0.317 e. The third kappa shape index (κ3) is 3.99. The zero-order valence-electron chi connectivity index (χ0n) is 13.3. The third-order valence-corrected chi connectivity index (χ3v) is 4.78. The summed E-state index contributed by atoms with van der Waals surface area (Å²) in [6, 6.07) is 21.4. The molecule has 0 aliphatic carbocycles. The molecule has 0 bridgehead atoms. The predicted molar refractivity (Wildman–Crippen MR) is 91.5 cm³/mol. The Morgan fingerprint density at radius 3 is 1.87 bits per heavy atom. The Labute approximate surface area is 137 Å². The van der Waals surface area contributed by atoms with Crippen molar-refractivity contribution in [1.82, 2.24) is 4.90 Å². The van der Waals surface area contributed by atoms with Crippen LogP contribution < -0.4 is 0 Å². The van der Waals surface area contributed by atoms with Gasteiger partial charge in [-0.15, -0.1) is 0 Å². The molecule has 3 nitrogen and oxygen atoms in total. The van der Waals surface area contributed by atoms with Crippen LogP contribution in [-0.2, 0) is 4.79 Å². The highest BCUT2D eigenvalue weighted by Gasteiger charge is 2.29. The van der Waals surface area contributed by atoms with Gasteiger partial charge < -0.3 is 5.11 Å². The lowest BCUT2D eigenvalue weighted by Gasteiger charge is -2.36. The van der Waals surface area contributed by atoms with Gasteiger partial charge in [0, 0.05) is 5.92 Å². The second kappa shape index (κ2) is 7.42. The second-order valence-corrected chi connectivity index (χ2v) is 6.31. The van der Waals surface area contributed by atoms with Crippen molar-refractivity contribution in [2.75, 3.05) is 19.6 Å². The monoisotopic (exact) mass is 309 g/mol. The Morgan fingerprint density at radius 2 is 1.43 bits per heavy atom. The molecule has 1 saturated heterocycles. The fraction of sp³-hybridized carbons (Fsp3) is 0.350. The molecule has 2 aromatic rings. The molecule has 1 N–H and O–H groups in total. The number of carboxylic acids is 1. The van der Waals surface area contributed by atoms with Gasteiger partial charge in [-0.2, -0.15) is 0 Å². The molecule has 0 amide bonds. The first-order valence-electron chi connectivity index (χ1n) is 8.28. The summed E-state index contributed by atoms with van der Waals surface area (Å²) in [6.07, 6.45) is 2.09. The Balaban J connectivity index is 1.79. The van der Waals surface area contributed by atoms with Gasteiger partial charge in [-0.3, -0.25) is 9.69 Å². The molecule has 0 saturated carbocycles. The van der Waals surface area contributed by atoms with Crippen LogP contribution in [0.2, 0.25) is 0 Å². The fourth-order valence-electron chi connectivity index (χ4n) is 3.69. The molecule has 0 unspecified atom stereocenters. The highest BCUT2D eigenvalue weighted by Crippen LogP contribution is 2.37. The van der Waals surface area contributed by atoms with Crippen molar-refractivity contribution in [2.45, 2.75) is 18.8 Å². The van der Waals surface area contributed by atoms with Crippen LogP contribution >= 0.6 is 0 Å². The lowest BCUT2D eigenvalue weighted by Crippen LogP contribution is -2.38. The van der Waals surface area contributed by atoms with Crippen LogP contribution in [0.4, 0.5) is 0 Å². The van der Waals surface area contributed by atoms with Crippen LogP contribution in [0.15, 0.2) is 60.7 Å². The van der Waals surface area contributed by atoms with Crippen LogP contribution in [-0.4, -0.2) is 35.6 Å². The first-order chi connectivity index (χ1) is 11.2. The highest BCUT2D eigenvalue weighted by atomic mass is 16.4. The minimum absolute atomic E-state index is 0.161. The highest BCUT2D eigenvalue weighted by molar-refractivity contribution is 5.69. The summed E-state index contributed by atoms with van der Waals surface area (Å²) in [7, 11) is 0. The van der Waals surface area contributed by atoms with Crippen molar-refractivity contribution in [3.05, 3.63) is 71.8 Å². The second-order valence-electron chi connectivity index (χ2n) is 6.31. The van der Waals surface area contributed by atoms with E-state index in [9.17, 15) is 4.79 Å². The predicted octanol–water partition coefficient (Wildman–Crippen LogP) is 3.62. The normalized spacial score (nSPS) is 16.6. The number of rotatable bonds is 5. The van der Waals surface area contributed by atoms with E-state index in [2.05, 4.69) is 60.7 Å². The van der Waals surface area contributed by atoms with E-state index >= 15 is 0 Å². The van der Waals surface area contributed by atoms with E-state index in [4.69, 9.17) is 5.11 Å². The van der Waals surface area contributed by atoms with Crippen LogP contribution in [0.25, 0.3) is 0 Å².